The first-order valence-corrected chi connectivity index (χ1v) is 5.53. The summed E-state index contributed by atoms with van der Waals surface area (Å²) in [5.41, 5.74) is 6.73. The van der Waals surface area contributed by atoms with Crippen LogP contribution in [-0.4, -0.2) is 16.6 Å². The first kappa shape index (κ1) is 11.5. The Bertz CT molecular complexity index is 459. The molecule has 0 aliphatic heterocycles. The Labute approximate surface area is 100 Å². The highest BCUT2D eigenvalue weighted by atomic mass is 16.5. The van der Waals surface area contributed by atoms with Crippen LogP contribution in [0.1, 0.15) is 11.4 Å². The molecule has 0 aliphatic rings. The van der Waals surface area contributed by atoms with E-state index in [1.54, 1.807) is 12.3 Å². The van der Waals surface area contributed by atoms with Gasteiger partial charge in [-0.15, -0.1) is 0 Å². The normalized spacial score (nSPS) is 10.4. The Morgan fingerprint density at radius 2 is 1.94 bits per heavy atom. The highest BCUT2D eigenvalue weighted by Gasteiger charge is 1.97. The molecule has 1 aromatic carbocycles. The maximum Gasteiger partial charge on any atom is 0.132 e. The molecule has 2 aromatic rings. The molecular weight excluding hydrogens is 214 g/mol. The molecule has 0 aliphatic carbocycles. The van der Waals surface area contributed by atoms with Gasteiger partial charge in [0.15, 0.2) is 0 Å². The Hall–Kier alpha value is -1.94. The summed E-state index contributed by atoms with van der Waals surface area (Å²) in [6.07, 6.45) is 2.34. The highest BCUT2D eigenvalue weighted by Crippen LogP contribution is 2.02. The predicted molar refractivity (Wildman–Crippen MR) is 66.2 cm³/mol. The summed E-state index contributed by atoms with van der Waals surface area (Å²) in [7, 11) is 0. The fourth-order valence-electron chi connectivity index (χ4n) is 1.46. The zero-order valence-electron chi connectivity index (χ0n) is 9.54. The monoisotopic (exact) mass is 229 g/mol. The van der Waals surface area contributed by atoms with Crippen LogP contribution in [0.4, 0.5) is 5.82 Å². The SMILES string of the molecule is Nc1ccnc(CCOCc2ccccc2)n1. The average Bonchev–Trinajstić information content (AvgIpc) is 2.36. The Morgan fingerprint density at radius 3 is 2.71 bits per heavy atom. The van der Waals surface area contributed by atoms with Gasteiger partial charge >= 0.3 is 0 Å². The molecule has 0 amide bonds. The van der Waals surface area contributed by atoms with Crippen molar-refractivity contribution in [2.75, 3.05) is 12.3 Å². The molecule has 1 aromatic heterocycles. The number of benzene rings is 1. The second-order valence-electron chi connectivity index (χ2n) is 3.69. The molecule has 0 atom stereocenters. The molecular formula is C13H15N3O. The maximum absolute atomic E-state index is 5.56. The third kappa shape index (κ3) is 3.85. The van der Waals surface area contributed by atoms with Crippen LogP contribution in [0, 0.1) is 0 Å². The summed E-state index contributed by atoms with van der Waals surface area (Å²) in [5, 5.41) is 0. The Balaban J connectivity index is 1.73. The van der Waals surface area contributed by atoms with E-state index >= 15 is 0 Å². The first-order chi connectivity index (χ1) is 8.34. The molecule has 0 fully saturated rings. The number of hydrogen-bond donors (Lipinski definition) is 1. The molecule has 0 saturated carbocycles. The van der Waals surface area contributed by atoms with E-state index in [1.807, 2.05) is 30.3 Å². The van der Waals surface area contributed by atoms with Crippen LogP contribution >= 0.6 is 0 Å². The van der Waals surface area contributed by atoms with Gasteiger partial charge in [-0.1, -0.05) is 30.3 Å². The van der Waals surface area contributed by atoms with E-state index < -0.39 is 0 Å². The molecule has 0 spiro atoms. The number of nitrogens with two attached hydrogens (primary N) is 1. The van der Waals surface area contributed by atoms with Gasteiger partial charge in [-0.3, -0.25) is 0 Å². The van der Waals surface area contributed by atoms with Crippen LogP contribution in [-0.2, 0) is 17.8 Å². The quantitative estimate of drug-likeness (QED) is 0.794. The van der Waals surface area contributed by atoms with Crippen molar-refractivity contribution in [3.8, 4) is 0 Å². The Morgan fingerprint density at radius 1 is 1.12 bits per heavy atom. The molecule has 0 bridgehead atoms. The molecule has 4 nitrogen and oxygen atoms in total. The number of rotatable bonds is 5. The minimum absolute atomic E-state index is 0.498. The highest BCUT2D eigenvalue weighted by molar-refractivity contribution is 5.25. The number of nitrogen functional groups attached to an aromatic ring is 1. The third-order valence-corrected chi connectivity index (χ3v) is 2.31. The minimum atomic E-state index is 0.498. The largest absolute Gasteiger partial charge is 0.384 e. The standard InChI is InChI=1S/C13H15N3O/c14-12-6-8-15-13(16-12)7-9-17-10-11-4-2-1-3-5-11/h1-6,8H,7,9-10H2,(H2,14,15,16). The molecule has 0 radical (unpaired) electrons. The summed E-state index contributed by atoms with van der Waals surface area (Å²) in [5.74, 6) is 1.22. The lowest BCUT2D eigenvalue weighted by Gasteiger charge is -2.04. The van der Waals surface area contributed by atoms with Crippen LogP contribution in [0.3, 0.4) is 0 Å². The zero-order chi connectivity index (χ0) is 11.9. The van der Waals surface area contributed by atoms with E-state index in [0.29, 0.717) is 25.5 Å². The molecule has 0 unspecified atom stereocenters. The van der Waals surface area contributed by atoms with Crippen LogP contribution in [0.5, 0.6) is 0 Å². The smallest absolute Gasteiger partial charge is 0.132 e. The van der Waals surface area contributed by atoms with Crippen LogP contribution in [0.2, 0.25) is 0 Å². The number of ether oxygens (including phenoxy) is 1. The Kier molecular flexibility index (Phi) is 4.05. The number of aromatic nitrogens is 2. The van der Waals surface area contributed by atoms with Gasteiger partial charge in [-0.05, 0) is 11.6 Å². The van der Waals surface area contributed by atoms with E-state index in [0.717, 1.165) is 5.82 Å². The summed E-state index contributed by atoms with van der Waals surface area (Å²) in [6.45, 7) is 1.21. The molecule has 2 N–H and O–H groups in total. The van der Waals surface area contributed by atoms with Gasteiger partial charge in [0.2, 0.25) is 0 Å². The van der Waals surface area contributed by atoms with Gasteiger partial charge in [0.1, 0.15) is 11.6 Å². The van der Waals surface area contributed by atoms with Crippen molar-refractivity contribution in [1.82, 2.24) is 9.97 Å². The van der Waals surface area contributed by atoms with Gasteiger partial charge in [0, 0.05) is 12.6 Å². The van der Waals surface area contributed by atoms with Crippen LogP contribution in [0.25, 0.3) is 0 Å². The second-order valence-corrected chi connectivity index (χ2v) is 3.69. The van der Waals surface area contributed by atoms with Crippen molar-refractivity contribution < 1.29 is 4.74 Å². The van der Waals surface area contributed by atoms with Crippen molar-refractivity contribution in [3.63, 3.8) is 0 Å². The topological polar surface area (TPSA) is 61.0 Å². The molecule has 0 saturated heterocycles. The molecule has 1 heterocycles. The van der Waals surface area contributed by atoms with Crippen LogP contribution in [0.15, 0.2) is 42.6 Å². The molecule has 2 rings (SSSR count). The number of hydrogen-bond acceptors (Lipinski definition) is 4. The van der Waals surface area contributed by atoms with Crippen molar-refractivity contribution in [2.45, 2.75) is 13.0 Å². The van der Waals surface area contributed by atoms with Crippen LogP contribution < -0.4 is 5.73 Å². The summed E-state index contributed by atoms with van der Waals surface area (Å²) in [4.78, 5) is 8.22. The van der Waals surface area contributed by atoms with Gasteiger partial charge in [0.25, 0.3) is 0 Å². The second kappa shape index (κ2) is 5.96. The maximum atomic E-state index is 5.56. The predicted octanol–water partition coefficient (Wildman–Crippen LogP) is 1.82. The number of anilines is 1. The van der Waals surface area contributed by atoms with Gasteiger partial charge in [0.05, 0.1) is 13.2 Å². The lowest BCUT2D eigenvalue weighted by atomic mass is 10.2. The summed E-state index contributed by atoms with van der Waals surface area (Å²) < 4.78 is 5.54. The first-order valence-electron chi connectivity index (χ1n) is 5.53. The van der Waals surface area contributed by atoms with Crippen molar-refractivity contribution >= 4 is 5.82 Å². The lowest BCUT2D eigenvalue weighted by molar-refractivity contribution is 0.122. The van der Waals surface area contributed by atoms with E-state index in [4.69, 9.17) is 10.5 Å². The lowest BCUT2D eigenvalue weighted by Crippen LogP contribution is -2.04. The minimum Gasteiger partial charge on any atom is -0.384 e. The van der Waals surface area contributed by atoms with Gasteiger partial charge in [-0.2, -0.15) is 0 Å². The van der Waals surface area contributed by atoms with Crippen molar-refractivity contribution in [2.24, 2.45) is 0 Å². The van der Waals surface area contributed by atoms with Crippen molar-refractivity contribution in [1.29, 1.82) is 0 Å². The van der Waals surface area contributed by atoms with Gasteiger partial charge in [-0.25, -0.2) is 9.97 Å². The summed E-state index contributed by atoms with van der Waals surface area (Å²) >= 11 is 0. The summed E-state index contributed by atoms with van der Waals surface area (Å²) in [6, 6.07) is 11.7. The fourth-order valence-corrected chi connectivity index (χ4v) is 1.46. The van der Waals surface area contributed by atoms with Gasteiger partial charge < -0.3 is 10.5 Å². The third-order valence-electron chi connectivity index (χ3n) is 2.31. The van der Waals surface area contributed by atoms with E-state index in [9.17, 15) is 0 Å². The fraction of sp³-hybridized carbons (Fsp3) is 0.231. The zero-order valence-corrected chi connectivity index (χ0v) is 9.54. The van der Waals surface area contributed by atoms with E-state index in [1.165, 1.54) is 5.56 Å². The van der Waals surface area contributed by atoms with Crippen molar-refractivity contribution in [3.05, 3.63) is 54.0 Å². The molecule has 4 heteroatoms. The molecule has 88 valence electrons. The number of nitrogens with zero attached hydrogens (tertiary/aromatic N) is 2. The average molecular weight is 229 g/mol. The molecule has 17 heavy (non-hydrogen) atoms. The van der Waals surface area contributed by atoms with E-state index in [-0.39, 0.29) is 0 Å². The van der Waals surface area contributed by atoms with E-state index in [2.05, 4.69) is 9.97 Å².